The number of halogens is 1. The van der Waals surface area contributed by atoms with E-state index in [1.165, 1.54) is 12.1 Å². The second-order valence-corrected chi connectivity index (χ2v) is 9.86. The van der Waals surface area contributed by atoms with Crippen molar-refractivity contribution in [3.05, 3.63) is 77.2 Å². The molecule has 1 atom stereocenters. The van der Waals surface area contributed by atoms with Gasteiger partial charge in [-0.2, -0.15) is 4.98 Å². The van der Waals surface area contributed by atoms with E-state index in [1.807, 2.05) is 42.2 Å². The Morgan fingerprint density at radius 3 is 2.47 bits per heavy atom. The van der Waals surface area contributed by atoms with Crippen molar-refractivity contribution in [2.75, 3.05) is 24.5 Å². The Hall–Kier alpha value is -3.48. The van der Waals surface area contributed by atoms with Crippen molar-refractivity contribution in [3.63, 3.8) is 0 Å². The van der Waals surface area contributed by atoms with E-state index in [0.717, 1.165) is 49.2 Å². The average Bonchev–Trinajstić information content (AvgIpc) is 2.91. The Balaban J connectivity index is 1.45. The van der Waals surface area contributed by atoms with E-state index in [4.69, 9.17) is 14.7 Å². The van der Waals surface area contributed by atoms with Crippen molar-refractivity contribution in [2.24, 2.45) is 5.92 Å². The molecule has 0 radical (unpaired) electrons. The number of anilines is 1. The Morgan fingerprint density at radius 2 is 1.78 bits per heavy atom. The topological polar surface area (TPSA) is 58.6 Å². The van der Waals surface area contributed by atoms with Crippen LogP contribution in [-0.4, -0.2) is 40.4 Å². The van der Waals surface area contributed by atoms with Gasteiger partial charge in [-0.05, 0) is 55.0 Å². The first-order valence-electron chi connectivity index (χ1n) is 12.9. The zero-order valence-electron chi connectivity index (χ0n) is 21.0. The van der Waals surface area contributed by atoms with E-state index in [0.29, 0.717) is 43.0 Å². The van der Waals surface area contributed by atoms with E-state index in [1.54, 1.807) is 12.1 Å². The number of nitrogens with zero attached hydrogens (tertiary/aromatic N) is 4. The SMILES string of the molecule is CCC(C(=O)N1CCc2nc(N3CCC(C)CC3)nc(Oc3ccc(F)cc3)c2C1)c1ccccc1. The molecule has 0 spiro atoms. The summed E-state index contributed by atoms with van der Waals surface area (Å²) < 4.78 is 19.7. The van der Waals surface area contributed by atoms with Gasteiger partial charge in [0.25, 0.3) is 0 Å². The molecule has 2 aliphatic heterocycles. The van der Waals surface area contributed by atoms with Crippen LogP contribution in [0.4, 0.5) is 10.3 Å². The molecule has 0 N–H and O–H groups in total. The standard InChI is InChI=1S/C29H33FN4O2/c1-3-24(21-7-5-4-6-8-21)28(35)34-18-15-26-25(19-34)27(36-23-11-9-22(30)10-12-23)32-29(31-26)33-16-13-20(2)14-17-33/h4-12,20,24H,3,13-19H2,1-2H3. The maximum atomic E-state index is 13.6. The number of fused-ring (bicyclic) bond motifs is 1. The molecule has 0 saturated carbocycles. The minimum Gasteiger partial charge on any atom is -0.438 e. The molecule has 36 heavy (non-hydrogen) atoms. The number of benzene rings is 2. The van der Waals surface area contributed by atoms with Crippen LogP contribution in [0.25, 0.3) is 0 Å². The number of hydrogen-bond donors (Lipinski definition) is 0. The lowest BCUT2D eigenvalue weighted by Crippen LogP contribution is -2.40. The third-order valence-corrected chi connectivity index (χ3v) is 7.33. The molecule has 3 aromatic rings. The maximum absolute atomic E-state index is 13.6. The summed E-state index contributed by atoms with van der Waals surface area (Å²) in [6, 6.07) is 15.9. The summed E-state index contributed by atoms with van der Waals surface area (Å²) in [6.07, 6.45) is 3.59. The third-order valence-electron chi connectivity index (χ3n) is 7.33. The minimum absolute atomic E-state index is 0.108. The highest BCUT2D eigenvalue weighted by atomic mass is 19.1. The first-order valence-corrected chi connectivity index (χ1v) is 12.9. The van der Waals surface area contributed by atoms with Crippen LogP contribution >= 0.6 is 0 Å². The number of ether oxygens (including phenoxy) is 1. The molecule has 1 fully saturated rings. The van der Waals surface area contributed by atoms with Crippen LogP contribution < -0.4 is 9.64 Å². The van der Waals surface area contributed by atoms with Crippen molar-refractivity contribution >= 4 is 11.9 Å². The fraction of sp³-hybridized carbons (Fsp3) is 0.414. The minimum atomic E-state index is -0.321. The molecule has 0 bridgehead atoms. The van der Waals surface area contributed by atoms with Gasteiger partial charge < -0.3 is 14.5 Å². The molecular weight excluding hydrogens is 455 g/mol. The van der Waals surface area contributed by atoms with Gasteiger partial charge in [0.05, 0.1) is 23.7 Å². The monoisotopic (exact) mass is 488 g/mol. The van der Waals surface area contributed by atoms with Crippen molar-refractivity contribution in [1.29, 1.82) is 0 Å². The van der Waals surface area contributed by atoms with Gasteiger partial charge in [-0.15, -0.1) is 0 Å². The average molecular weight is 489 g/mol. The molecule has 1 saturated heterocycles. The van der Waals surface area contributed by atoms with Crippen LogP contribution in [0.1, 0.15) is 55.8 Å². The number of rotatable bonds is 6. The quantitative estimate of drug-likeness (QED) is 0.444. The number of carbonyl (C=O) groups is 1. The summed E-state index contributed by atoms with van der Waals surface area (Å²) in [7, 11) is 0. The van der Waals surface area contributed by atoms with E-state index >= 15 is 0 Å². The summed E-state index contributed by atoms with van der Waals surface area (Å²) in [5.41, 5.74) is 2.79. The van der Waals surface area contributed by atoms with Crippen LogP contribution in [0.15, 0.2) is 54.6 Å². The van der Waals surface area contributed by atoms with Crippen LogP contribution in [-0.2, 0) is 17.8 Å². The number of aromatic nitrogens is 2. The van der Waals surface area contributed by atoms with Gasteiger partial charge in [0.2, 0.25) is 17.7 Å². The van der Waals surface area contributed by atoms with Gasteiger partial charge in [-0.25, -0.2) is 9.37 Å². The molecule has 6 nitrogen and oxygen atoms in total. The molecular formula is C29H33FN4O2. The number of piperidine rings is 1. The van der Waals surface area contributed by atoms with Crippen molar-refractivity contribution in [3.8, 4) is 11.6 Å². The predicted molar refractivity (Wildman–Crippen MR) is 138 cm³/mol. The number of hydrogen-bond acceptors (Lipinski definition) is 5. The second kappa shape index (κ2) is 10.6. The molecule has 7 heteroatoms. The Bertz CT molecular complexity index is 1190. The summed E-state index contributed by atoms with van der Waals surface area (Å²) in [6.45, 7) is 7.15. The van der Waals surface area contributed by atoms with Crippen LogP contribution in [0.5, 0.6) is 11.6 Å². The van der Waals surface area contributed by atoms with Crippen molar-refractivity contribution < 1.29 is 13.9 Å². The van der Waals surface area contributed by atoms with Crippen molar-refractivity contribution in [2.45, 2.75) is 52.0 Å². The summed E-state index contributed by atoms with van der Waals surface area (Å²) in [5, 5.41) is 0. The van der Waals surface area contributed by atoms with Gasteiger partial charge in [0.1, 0.15) is 11.6 Å². The highest BCUT2D eigenvalue weighted by Crippen LogP contribution is 2.34. The van der Waals surface area contributed by atoms with Gasteiger partial charge in [-0.1, -0.05) is 44.2 Å². The second-order valence-electron chi connectivity index (χ2n) is 9.86. The Morgan fingerprint density at radius 1 is 1.06 bits per heavy atom. The normalized spacial score (nSPS) is 17.0. The summed E-state index contributed by atoms with van der Waals surface area (Å²) in [4.78, 5) is 27.5. The smallest absolute Gasteiger partial charge is 0.230 e. The van der Waals surface area contributed by atoms with Gasteiger partial charge in [-0.3, -0.25) is 4.79 Å². The lowest BCUT2D eigenvalue weighted by atomic mass is 9.94. The highest BCUT2D eigenvalue weighted by Gasteiger charge is 2.31. The first-order chi connectivity index (χ1) is 17.5. The van der Waals surface area contributed by atoms with Crippen LogP contribution in [0.3, 0.4) is 0 Å². The van der Waals surface area contributed by atoms with E-state index in [9.17, 15) is 9.18 Å². The molecule has 188 valence electrons. The molecule has 2 aromatic carbocycles. The molecule has 1 amide bonds. The molecule has 2 aliphatic rings. The predicted octanol–water partition coefficient (Wildman–Crippen LogP) is 5.72. The fourth-order valence-electron chi connectivity index (χ4n) is 5.07. The fourth-order valence-corrected chi connectivity index (χ4v) is 5.07. The largest absolute Gasteiger partial charge is 0.438 e. The summed E-state index contributed by atoms with van der Waals surface area (Å²) >= 11 is 0. The molecule has 0 aliphatic carbocycles. The summed E-state index contributed by atoms with van der Waals surface area (Å²) in [5.74, 6) is 1.93. The van der Waals surface area contributed by atoms with Crippen LogP contribution in [0.2, 0.25) is 0 Å². The zero-order valence-corrected chi connectivity index (χ0v) is 21.0. The molecule has 1 unspecified atom stereocenters. The zero-order chi connectivity index (χ0) is 25.1. The van der Waals surface area contributed by atoms with Gasteiger partial charge in [0, 0.05) is 26.1 Å². The highest BCUT2D eigenvalue weighted by molar-refractivity contribution is 5.84. The maximum Gasteiger partial charge on any atom is 0.230 e. The molecule has 5 rings (SSSR count). The lowest BCUT2D eigenvalue weighted by Gasteiger charge is -2.34. The number of carbonyl (C=O) groups excluding carboxylic acids is 1. The van der Waals surface area contributed by atoms with E-state index in [-0.39, 0.29) is 17.6 Å². The van der Waals surface area contributed by atoms with E-state index < -0.39 is 0 Å². The molecule has 1 aromatic heterocycles. The third kappa shape index (κ3) is 5.20. The van der Waals surface area contributed by atoms with Crippen LogP contribution in [0, 0.1) is 11.7 Å². The Kier molecular flexibility index (Phi) is 7.16. The Labute approximate surface area is 212 Å². The first kappa shape index (κ1) is 24.2. The van der Waals surface area contributed by atoms with Crippen molar-refractivity contribution in [1.82, 2.24) is 14.9 Å². The molecule has 3 heterocycles. The van der Waals surface area contributed by atoms with Gasteiger partial charge >= 0.3 is 0 Å². The van der Waals surface area contributed by atoms with Gasteiger partial charge in [0.15, 0.2) is 0 Å². The lowest BCUT2D eigenvalue weighted by molar-refractivity contribution is -0.133. The number of amides is 1. The van der Waals surface area contributed by atoms with E-state index in [2.05, 4.69) is 11.8 Å².